The van der Waals surface area contributed by atoms with E-state index in [4.69, 9.17) is 4.74 Å². The highest BCUT2D eigenvalue weighted by atomic mass is 79.9. The highest BCUT2D eigenvalue weighted by molar-refractivity contribution is 9.10. The molecule has 0 unspecified atom stereocenters. The van der Waals surface area contributed by atoms with Gasteiger partial charge in [-0.2, -0.15) is 5.10 Å². The monoisotopic (exact) mass is 325 g/mol. The topological polar surface area (TPSA) is 64.9 Å². The lowest BCUT2D eigenvalue weighted by Crippen LogP contribution is -2.05. The van der Waals surface area contributed by atoms with Gasteiger partial charge >= 0.3 is 0 Å². The minimum absolute atomic E-state index is 0.587. The van der Waals surface area contributed by atoms with Crippen LogP contribution in [0.3, 0.4) is 0 Å². The number of halogens is 1. The number of aryl methyl sites for hydroxylation is 2. The van der Waals surface area contributed by atoms with Crippen LogP contribution in [0, 0.1) is 0 Å². The Balaban J connectivity index is 2.07. The van der Waals surface area contributed by atoms with Crippen LogP contribution in [-0.2, 0) is 20.0 Å². The van der Waals surface area contributed by atoms with Crippen LogP contribution in [0.15, 0.2) is 16.7 Å². The quantitative estimate of drug-likeness (QED) is 0.853. The van der Waals surface area contributed by atoms with Crippen molar-refractivity contribution in [2.75, 3.05) is 12.4 Å². The predicted molar refractivity (Wildman–Crippen MR) is 76.2 cm³/mol. The Bertz CT molecular complexity index is 569. The van der Waals surface area contributed by atoms with Crippen LogP contribution in [0.2, 0.25) is 0 Å². The van der Waals surface area contributed by atoms with Gasteiger partial charge in [0.15, 0.2) is 0 Å². The SMILES string of the molecule is CCc1nc(Br)cc(NCc2cc(OC)n(C)n2)n1. The number of ether oxygens (including phenoxy) is 1. The summed E-state index contributed by atoms with van der Waals surface area (Å²) in [7, 11) is 3.47. The van der Waals surface area contributed by atoms with Crippen molar-refractivity contribution in [3.8, 4) is 5.88 Å². The smallest absolute Gasteiger partial charge is 0.211 e. The Labute approximate surface area is 120 Å². The number of methoxy groups -OCH3 is 1. The Kier molecular flexibility index (Phi) is 4.36. The van der Waals surface area contributed by atoms with Gasteiger partial charge in [0.2, 0.25) is 5.88 Å². The molecule has 2 heterocycles. The third kappa shape index (κ3) is 3.44. The van der Waals surface area contributed by atoms with E-state index in [0.717, 1.165) is 34.2 Å². The average Bonchev–Trinajstić information content (AvgIpc) is 2.76. The van der Waals surface area contributed by atoms with E-state index < -0.39 is 0 Å². The molecule has 7 heteroatoms. The molecule has 0 bridgehead atoms. The molecule has 6 nitrogen and oxygen atoms in total. The van der Waals surface area contributed by atoms with E-state index in [1.807, 2.05) is 26.1 Å². The van der Waals surface area contributed by atoms with E-state index in [1.165, 1.54) is 0 Å². The fourth-order valence-corrected chi connectivity index (χ4v) is 2.10. The summed E-state index contributed by atoms with van der Waals surface area (Å²) in [4.78, 5) is 8.66. The molecule has 0 aliphatic rings. The molecule has 0 aromatic carbocycles. The molecule has 1 N–H and O–H groups in total. The molecule has 2 aromatic heterocycles. The summed E-state index contributed by atoms with van der Waals surface area (Å²) >= 11 is 3.38. The fourth-order valence-electron chi connectivity index (χ4n) is 1.68. The van der Waals surface area contributed by atoms with E-state index in [1.54, 1.807) is 11.8 Å². The first-order valence-corrected chi connectivity index (χ1v) is 6.76. The van der Waals surface area contributed by atoms with Gasteiger partial charge in [-0.15, -0.1) is 0 Å². The highest BCUT2D eigenvalue weighted by Gasteiger charge is 2.06. The lowest BCUT2D eigenvalue weighted by Gasteiger charge is -2.05. The van der Waals surface area contributed by atoms with Crippen molar-refractivity contribution < 1.29 is 4.74 Å². The van der Waals surface area contributed by atoms with Crippen LogP contribution in [0.1, 0.15) is 18.4 Å². The fraction of sp³-hybridized carbons (Fsp3) is 0.417. The molecule has 0 saturated heterocycles. The van der Waals surface area contributed by atoms with E-state index in [-0.39, 0.29) is 0 Å². The summed E-state index contributed by atoms with van der Waals surface area (Å²) in [5.74, 6) is 2.31. The van der Waals surface area contributed by atoms with Gasteiger partial charge < -0.3 is 10.1 Å². The normalized spacial score (nSPS) is 10.5. The van der Waals surface area contributed by atoms with Gasteiger partial charge in [0.05, 0.1) is 19.3 Å². The van der Waals surface area contributed by atoms with Crippen molar-refractivity contribution in [2.24, 2.45) is 7.05 Å². The summed E-state index contributed by atoms with van der Waals surface area (Å²) in [6, 6.07) is 3.74. The highest BCUT2D eigenvalue weighted by Crippen LogP contribution is 2.15. The molecule has 102 valence electrons. The first-order chi connectivity index (χ1) is 9.12. The average molecular weight is 326 g/mol. The minimum atomic E-state index is 0.587. The number of anilines is 1. The van der Waals surface area contributed by atoms with E-state index >= 15 is 0 Å². The molecule has 2 rings (SSSR count). The van der Waals surface area contributed by atoms with Crippen LogP contribution in [0.4, 0.5) is 5.82 Å². The summed E-state index contributed by atoms with van der Waals surface area (Å²) in [6.45, 7) is 2.61. The molecule has 2 aromatic rings. The van der Waals surface area contributed by atoms with E-state index in [9.17, 15) is 0 Å². The molecular formula is C12H16BrN5O. The number of nitrogens with zero attached hydrogens (tertiary/aromatic N) is 4. The van der Waals surface area contributed by atoms with Crippen LogP contribution in [-0.4, -0.2) is 26.9 Å². The lowest BCUT2D eigenvalue weighted by atomic mass is 10.4. The molecule has 19 heavy (non-hydrogen) atoms. The van der Waals surface area contributed by atoms with E-state index in [2.05, 4.69) is 36.3 Å². The summed E-state index contributed by atoms with van der Waals surface area (Å²) < 4.78 is 7.65. The van der Waals surface area contributed by atoms with E-state index in [0.29, 0.717) is 6.54 Å². The summed E-state index contributed by atoms with van der Waals surface area (Å²) in [5, 5.41) is 7.56. The van der Waals surface area contributed by atoms with Crippen molar-refractivity contribution >= 4 is 21.7 Å². The van der Waals surface area contributed by atoms with Crippen LogP contribution >= 0.6 is 15.9 Å². The molecule has 0 aliphatic carbocycles. The largest absolute Gasteiger partial charge is 0.481 e. The molecule has 0 atom stereocenters. The number of nitrogens with one attached hydrogen (secondary N) is 1. The van der Waals surface area contributed by atoms with Gasteiger partial charge in [-0.1, -0.05) is 6.92 Å². The maximum Gasteiger partial charge on any atom is 0.211 e. The first-order valence-electron chi connectivity index (χ1n) is 5.96. The van der Waals surface area contributed by atoms with Crippen molar-refractivity contribution in [1.29, 1.82) is 0 Å². The second-order valence-corrected chi connectivity index (χ2v) is 4.81. The van der Waals surface area contributed by atoms with Gasteiger partial charge in [0.1, 0.15) is 16.2 Å². The molecule has 0 spiro atoms. The molecule has 0 amide bonds. The standard InChI is InChI=1S/C12H16BrN5O/c1-4-10-15-9(13)6-11(16-10)14-7-8-5-12(19-3)18(2)17-8/h5-6H,4,7H2,1-3H3,(H,14,15,16). The zero-order valence-corrected chi connectivity index (χ0v) is 12.7. The molecule has 0 aliphatic heterocycles. The number of hydrogen-bond acceptors (Lipinski definition) is 5. The lowest BCUT2D eigenvalue weighted by molar-refractivity contribution is 0.373. The first kappa shape index (κ1) is 13.8. The van der Waals surface area contributed by atoms with Crippen LogP contribution < -0.4 is 10.1 Å². The molecule has 0 saturated carbocycles. The Morgan fingerprint density at radius 2 is 2.16 bits per heavy atom. The van der Waals surface area contributed by atoms with Gasteiger partial charge in [0, 0.05) is 25.6 Å². The van der Waals surface area contributed by atoms with Gasteiger partial charge in [-0.3, -0.25) is 0 Å². The second-order valence-electron chi connectivity index (χ2n) is 4.00. The maximum absolute atomic E-state index is 5.17. The minimum Gasteiger partial charge on any atom is -0.481 e. The number of hydrogen-bond donors (Lipinski definition) is 1. The molecule has 0 fully saturated rings. The Morgan fingerprint density at radius 1 is 1.37 bits per heavy atom. The van der Waals surface area contributed by atoms with Crippen molar-refractivity contribution in [1.82, 2.24) is 19.7 Å². The molecule has 0 radical (unpaired) electrons. The number of aromatic nitrogens is 4. The van der Waals surface area contributed by atoms with Gasteiger partial charge in [-0.05, 0) is 15.9 Å². The van der Waals surface area contributed by atoms with Gasteiger partial charge in [0.25, 0.3) is 0 Å². The van der Waals surface area contributed by atoms with Crippen molar-refractivity contribution in [3.63, 3.8) is 0 Å². The summed E-state index contributed by atoms with van der Waals surface area (Å²) in [5.41, 5.74) is 0.895. The summed E-state index contributed by atoms with van der Waals surface area (Å²) in [6.07, 6.45) is 0.797. The predicted octanol–water partition coefficient (Wildman–Crippen LogP) is 2.16. The Morgan fingerprint density at radius 3 is 2.79 bits per heavy atom. The molecular weight excluding hydrogens is 310 g/mol. The zero-order valence-electron chi connectivity index (χ0n) is 11.1. The number of rotatable bonds is 5. The second kappa shape index (κ2) is 6.01. The van der Waals surface area contributed by atoms with Crippen LogP contribution in [0.5, 0.6) is 5.88 Å². The van der Waals surface area contributed by atoms with Crippen LogP contribution in [0.25, 0.3) is 0 Å². The zero-order chi connectivity index (χ0) is 13.8. The maximum atomic E-state index is 5.17. The van der Waals surface area contributed by atoms with Crippen molar-refractivity contribution in [2.45, 2.75) is 19.9 Å². The Hall–Kier alpha value is -1.63. The van der Waals surface area contributed by atoms with Crippen molar-refractivity contribution in [3.05, 3.63) is 28.3 Å². The van der Waals surface area contributed by atoms with Gasteiger partial charge in [-0.25, -0.2) is 14.6 Å². The third-order valence-corrected chi connectivity index (χ3v) is 3.01. The third-order valence-electron chi connectivity index (χ3n) is 2.60.